The summed E-state index contributed by atoms with van der Waals surface area (Å²) in [6.45, 7) is 3.18. The second kappa shape index (κ2) is 4.94. The van der Waals surface area contributed by atoms with Gasteiger partial charge in [-0.05, 0) is 25.5 Å². The number of carbonyl (C=O) groups is 2. The largest absolute Gasteiger partial charge is 0.388 e. The van der Waals surface area contributed by atoms with Crippen LogP contribution in [-0.2, 0) is 0 Å². The standard InChI is InChI=1S/C14H15F2NO3/c1-3-4-14(2,20)7-17-12(18)8-5-10(15)11(16)6-9(8)13(17)19/h5-6,20H,3-4,7H2,1-2H3. The number of β-amino-alcohol motifs (C(OH)–C–C–N with tert-alkyl or cyclic N) is 1. The maximum absolute atomic E-state index is 13.2. The minimum atomic E-state index is -1.22. The maximum atomic E-state index is 13.2. The first kappa shape index (κ1) is 14.6. The molecule has 1 unspecified atom stereocenters. The number of rotatable bonds is 4. The Morgan fingerprint density at radius 1 is 1.15 bits per heavy atom. The van der Waals surface area contributed by atoms with Crippen molar-refractivity contribution >= 4 is 11.8 Å². The van der Waals surface area contributed by atoms with Crippen molar-refractivity contribution < 1.29 is 23.5 Å². The van der Waals surface area contributed by atoms with Gasteiger partial charge in [-0.15, -0.1) is 0 Å². The summed E-state index contributed by atoms with van der Waals surface area (Å²) in [5, 5.41) is 10.1. The van der Waals surface area contributed by atoms with Crippen molar-refractivity contribution in [3.8, 4) is 0 Å². The van der Waals surface area contributed by atoms with E-state index >= 15 is 0 Å². The molecular formula is C14H15F2NO3. The molecule has 2 rings (SSSR count). The van der Waals surface area contributed by atoms with E-state index in [-0.39, 0.29) is 17.7 Å². The quantitative estimate of drug-likeness (QED) is 0.861. The Morgan fingerprint density at radius 2 is 1.60 bits per heavy atom. The number of imide groups is 1. The second-order valence-electron chi connectivity index (χ2n) is 5.26. The molecule has 0 spiro atoms. The van der Waals surface area contributed by atoms with Gasteiger partial charge in [-0.1, -0.05) is 13.3 Å². The van der Waals surface area contributed by atoms with Crippen molar-refractivity contribution in [2.24, 2.45) is 0 Å². The molecule has 1 N–H and O–H groups in total. The van der Waals surface area contributed by atoms with Gasteiger partial charge in [-0.2, -0.15) is 0 Å². The molecule has 1 aromatic carbocycles. The molecule has 0 saturated heterocycles. The molecule has 1 aliphatic rings. The second-order valence-corrected chi connectivity index (χ2v) is 5.26. The SMILES string of the molecule is CCCC(C)(O)CN1C(=O)c2cc(F)c(F)cc2C1=O. The average Bonchev–Trinajstić information content (AvgIpc) is 2.55. The minimum absolute atomic E-state index is 0.166. The molecule has 1 aliphatic heterocycles. The Bertz CT molecular complexity index is 543. The first-order valence-corrected chi connectivity index (χ1v) is 6.34. The van der Waals surface area contributed by atoms with E-state index in [9.17, 15) is 23.5 Å². The highest BCUT2D eigenvalue weighted by molar-refractivity contribution is 6.21. The third-order valence-electron chi connectivity index (χ3n) is 3.30. The zero-order valence-corrected chi connectivity index (χ0v) is 11.2. The van der Waals surface area contributed by atoms with Crippen LogP contribution >= 0.6 is 0 Å². The third-order valence-corrected chi connectivity index (χ3v) is 3.30. The van der Waals surface area contributed by atoms with Gasteiger partial charge in [0.1, 0.15) is 0 Å². The molecule has 0 aliphatic carbocycles. The zero-order valence-electron chi connectivity index (χ0n) is 11.2. The van der Waals surface area contributed by atoms with Crippen LogP contribution in [-0.4, -0.2) is 34.0 Å². The summed E-state index contributed by atoms with van der Waals surface area (Å²) in [7, 11) is 0. The summed E-state index contributed by atoms with van der Waals surface area (Å²) in [4.78, 5) is 24.9. The summed E-state index contributed by atoms with van der Waals surface area (Å²) < 4.78 is 26.3. The molecule has 1 heterocycles. The number of hydrogen-bond acceptors (Lipinski definition) is 3. The highest BCUT2D eigenvalue weighted by atomic mass is 19.2. The molecule has 2 amide bonds. The lowest BCUT2D eigenvalue weighted by atomic mass is 10.00. The maximum Gasteiger partial charge on any atom is 0.261 e. The van der Waals surface area contributed by atoms with Crippen LogP contribution < -0.4 is 0 Å². The van der Waals surface area contributed by atoms with Gasteiger partial charge in [0.2, 0.25) is 0 Å². The van der Waals surface area contributed by atoms with Gasteiger partial charge < -0.3 is 5.11 Å². The average molecular weight is 283 g/mol. The minimum Gasteiger partial charge on any atom is -0.388 e. The normalized spacial score (nSPS) is 17.4. The lowest BCUT2D eigenvalue weighted by molar-refractivity contribution is 0.0140. The summed E-state index contributed by atoms with van der Waals surface area (Å²) in [5.41, 5.74) is -1.55. The molecule has 0 aromatic heterocycles. The van der Waals surface area contributed by atoms with Crippen molar-refractivity contribution in [1.29, 1.82) is 0 Å². The Morgan fingerprint density at radius 3 is 2.00 bits per heavy atom. The number of halogens is 2. The Balaban J connectivity index is 2.33. The number of amides is 2. The number of hydrogen-bond donors (Lipinski definition) is 1. The fraction of sp³-hybridized carbons (Fsp3) is 0.429. The molecule has 0 radical (unpaired) electrons. The molecule has 0 bridgehead atoms. The molecule has 1 atom stereocenters. The summed E-state index contributed by atoms with van der Waals surface area (Å²) >= 11 is 0. The molecule has 4 nitrogen and oxygen atoms in total. The van der Waals surface area contributed by atoms with E-state index in [1.165, 1.54) is 6.92 Å². The summed E-state index contributed by atoms with van der Waals surface area (Å²) in [5.74, 6) is -3.76. The van der Waals surface area contributed by atoms with Crippen molar-refractivity contribution in [1.82, 2.24) is 4.90 Å². The topological polar surface area (TPSA) is 57.6 Å². The van der Waals surface area contributed by atoms with Crippen LogP contribution in [0.4, 0.5) is 8.78 Å². The van der Waals surface area contributed by atoms with E-state index in [2.05, 4.69) is 0 Å². The number of carbonyl (C=O) groups excluding carboxylic acids is 2. The van der Waals surface area contributed by atoms with E-state index < -0.39 is 29.0 Å². The fourth-order valence-electron chi connectivity index (χ4n) is 2.39. The van der Waals surface area contributed by atoms with Crippen LogP contribution in [0.2, 0.25) is 0 Å². The van der Waals surface area contributed by atoms with E-state index in [0.29, 0.717) is 12.8 Å². The molecule has 1 aromatic rings. The van der Waals surface area contributed by atoms with E-state index in [1.54, 1.807) is 0 Å². The predicted molar refractivity (Wildman–Crippen MR) is 67.3 cm³/mol. The van der Waals surface area contributed by atoms with E-state index in [1.807, 2.05) is 6.92 Å². The molecule has 0 saturated carbocycles. The Kier molecular flexibility index (Phi) is 3.60. The van der Waals surface area contributed by atoms with Gasteiger partial charge in [0, 0.05) is 0 Å². The lowest BCUT2D eigenvalue weighted by Gasteiger charge is -2.27. The van der Waals surface area contributed by atoms with Crippen molar-refractivity contribution in [2.75, 3.05) is 6.54 Å². The Hall–Kier alpha value is -1.82. The lowest BCUT2D eigenvalue weighted by Crippen LogP contribution is -2.43. The number of fused-ring (bicyclic) bond motifs is 1. The summed E-state index contributed by atoms with van der Waals surface area (Å²) in [6, 6.07) is 1.44. The van der Waals surface area contributed by atoms with Crippen LogP contribution in [0.5, 0.6) is 0 Å². The smallest absolute Gasteiger partial charge is 0.261 e. The van der Waals surface area contributed by atoms with Crippen molar-refractivity contribution in [2.45, 2.75) is 32.3 Å². The van der Waals surface area contributed by atoms with Crippen LogP contribution in [0.25, 0.3) is 0 Å². The molecular weight excluding hydrogens is 268 g/mol. The van der Waals surface area contributed by atoms with Gasteiger partial charge in [-0.25, -0.2) is 8.78 Å². The van der Waals surface area contributed by atoms with Gasteiger partial charge in [0.15, 0.2) is 11.6 Å². The van der Waals surface area contributed by atoms with Crippen LogP contribution in [0.1, 0.15) is 47.4 Å². The van der Waals surface area contributed by atoms with E-state index in [0.717, 1.165) is 17.0 Å². The zero-order chi connectivity index (χ0) is 15.1. The van der Waals surface area contributed by atoms with Gasteiger partial charge >= 0.3 is 0 Å². The van der Waals surface area contributed by atoms with Crippen molar-refractivity contribution in [3.63, 3.8) is 0 Å². The van der Waals surface area contributed by atoms with Crippen molar-refractivity contribution in [3.05, 3.63) is 34.9 Å². The Labute approximate surface area is 115 Å². The number of aliphatic hydroxyl groups is 1. The van der Waals surface area contributed by atoms with Gasteiger partial charge in [-0.3, -0.25) is 14.5 Å². The number of benzene rings is 1. The van der Waals surface area contributed by atoms with Gasteiger partial charge in [0.05, 0.1) is 23.3 Å². The van der Waals surface area contributed by atoms with Gasteiger partial charge in [0.25, 0.3) is 11.8 Å². The first-order valence-electron chi connectivity index (χ1n) is 6.34. The highest BCUT2D eigenvalue weighted by Gasteiger charge is 2.40. The molecule has 6 heteroatoms. The molecule has 108 valence electrons. The summed E-state index contributed by atoms with van der Waals surface area (Å²) in [6.07, 6.45) is 1.09. The molecule has 0 fully saturated rings. The van der Waals surface area contributed by atoms with Crippen LogP contribution in [0.3, 0.4) is 0 Å². The molecule has 20 heavy (non-hydrogen) atoms. The predicted octanol–water partition coefficient (Wildman–Crippen LogP) is 2.11. The van der Waals surface area contributed by atoms with Crippen LogP contribution in [0, 0.1) is 11.6 Å². The number of nitrogens with zero attached hydrogens (tertiary/aromatic N) is 1. The van der Waals surface area contributed by atoms with E-state index in [4.69, 9.17) is 0 Å². The highest BCUT2D eigenvalue weighted by Crippen LogP contribution is 2.27. The third kappa shape index (κ3) is 2.43. The first-order chi connectivity index (χ1) is 9.26. The van der Waals surface area contributed by atoms with Crippen LogP contribution in [0.15, 0.2) is 12.1 Å². The fourth-order valence-corrected chi connectivity index (χ4v) is 2.39. The monoisotopic (exact) mass is 283 g/mol.